The Hall–Kier alpha value is -2.20. The van der Waals surface area contributed by atoms with Gasteiger partial charge in [0.1, 0.15) is 0 Å². The SMILES string of the molecule is CC(C)(C)C1=CC(=NC#N)C(C(C)(C)C)=CC1=NC#N. The average Bonchev–Trinajstić information content (AvgIpc) is 2.28. The van der Waals surface area contributed by atoms with Crippen molar-refractivity contribution >= 4 is 11.4 Å². The first-order valence-electron chi connectivity index (χ1n) is 6.50. The summed E-state index contributed by atoms with van der Waals surface area (Å²) in [6.07, 6.45) is 7.46. The van der Waals surface area contributed by atoms with Gasteiger partial charge in [0.15, 0.2) is 0 Å². The molecule has 0 heterocycles. The van der Waals surface area contributed by atoms with Crippen molar-refractivity contribution in [3.8, 4) is 12.4 Å². The maximum absolute atomic E-state index is 8.88. The van der Waals surface area contributed by atoms with Gasteiger partial charge in [0.05, 0.1) is 11.4 Å². The predicted molar refractivity (Wildman–Crippen MR) is 81.2 cm³/mol. The van der Waals surface area contributed by atoms with Gasteiger partial charge in [-0.3, -0.25) is 0 Å². The molecule has 0 aromatic rings. The van der Waals surface area contributed by atoms with E-state index in [2.05, 4.69) is 9.98 Å². The van der Waals surface area contributed by atoms with Crippen LogP contribution in [0, 0.1) is 33.7 Å². The average molecular weight is 268 g/mol. The van der Waals surface area contributed by atoms with E-state index in [0.717, 1.165) is 11.1 Å². The van der Waals surface area contributed by atoms with Crippen LogP contribution in [0.25, 0.3) is 0 Å². The number of nitrogens with zero attached hydrogens (tertiary/aromatic N) is 4. The minimum Gasteiger partial charge on any atom is -0.173 e. The van der Waals surface area contributed by atoms with Crippen molar-refractivity contribution in [2.24, 2.45) is 20.8 Å². The van der Waals surface area contributed by atoms with Gasteiger partial charge in [-0.2, -0.15) is 20.5 Å². The summed E-state index contributed by atoms with van der Waals surface area (Å²) >= 11 is 0. The lowest BCUT2D eigenvalue weighted by atomic mass is 9.74. The molecule has 0 N–H and O–H groups in total. The summed E-state index contributed by atoms with van der Waals surface area (Å²) in [7, 11) is 0. The van der Waals surface area contributed by atoms with Crippen LogP contribution in [0.1, 0.15) is 41.5 Å². The van der Waals surface area contributed by atoms with Crippen LogP contribution in [0.2, 0.25) is 0 Å². The molecule has 4 heteroatoms. The van der Waals surface area contributed by atoms with Gasteiger partial charge in [-0.05, 0) is 34.1 Å². The van der Waals surface area contributed by atoms with Crippen molar-refractivity contribution in [2.75, 3.05) is 0 Å². The molecular weight excluding hydrogens is 248 g/mol. The molecule has 4 nitrogen and oxygen atoms in total. The van der Waals surface area contributed by atoms with Gasteiger partial charge in [0.25, 0.3) is 0 Å². The van der Waals surface area contributed by atoms with Crippen LogP contribution in [-0.2, 0) is 0 Å². The summed E-state index contributed by atoms with van der Waals surface area (Å²) in [6, 6.07) is 0. The van der Waals surface area contributed by atoms with Crippen LogP contribution >= 0.6 is 0 Å². The van der Waals surface area contributed by atoms with Crippen LogP contribution in [0.15, 0.2) is 33.3 Å². The Bertz CT molecular complexity index is 547. The number of rotatable bonds is 0. The second-order valence-corrected chi connectivity index (χ2v) is 6.81. The van der Waals surface area contributed by atoms with E-state index in [-0.39, 0.29) is 10.8 Å². The molecular formula is C16H20N4. The molecule has 20 heavy (non-hydrogen) atoms. The third kappa shape index (κ3) is 3.42. The normalized spacial score (nSPS) is 20.2. The van der Waals surface area contributed by atoms with Crippen LogP contribution in [0.3, 0.4) is 0 Å². The summed E-state index contributed by atoms with van der Waals surface area (Å²) in [5, 5.41) is 17.8. The fourth-order valence-corrected chi connectivity index (χ4v) is 2.07. The molecule has 0 aromatic carbocycles. The van der Waals surface area contributed by atoms with E-state index in [1.807, 2.05) is 66.1 Å². The van der Waals surface area contributed by atoms with E-state index in [1.54, 1.807) is 0 Å². The van der Waals surface area contributed by atoms with Crippen molar-refractivity contribution in [2.45, 2.75) is 41.5 Å². The molecule has 0 bridgehead atoms. The van der Waals surface area contributed by atoms with Crippen molar-refractivity contribution in [1.29, 1.82) is 10.5 Å². The number of nitriles is 2. The summed E-state index contributed by atoms with van der Waals surface area (Å²) in [6.45, 7) is 12.3. The molecule has 1 rings (SSSR count). The van der Waals surface area contributed by atoms with E-state index < -0.39 is 0 Å². The third-order valence-corrected chi connectivity index (χ3v) is 3.07. The summed E-state index contributed by atoms with van der Waals surface area (Å²) in [5.41, 5.74) is 2.79. The Morgan fingerprint density at radius 1 is 0.750 bits per heavy atom. The number of hydrogen-bond acceptors (Lipinski definition) is 4. The Morgan fingerprint density at radius 3 is 1.25 bits per heavy atom. The molecule has 0 spiro atoms. The highest BCUT2D eigenvalue weighted by Gasteiger charge is 2.30. The molecule has 0 saturated heterocycles. The first-order valence-corrected chi connectivity index (χ1v) is 6.50. The van der Waals surface area contributed by atoms with Gasteiger partial charge < -0.3 is 0 Å². The van der Waals surface area contributed by atoms with Crippen molar-refractivity contribution in [3.05, 3.63) is 23.3 Å². The van der Waals surface area contributed by atoms with Gasteiger partial charge in [0, 0.05) is 0 Å². The lowest BCUT2D eigenvalue weighted by molar-refractivity contribution is 0.515. The highest BCUT2D eigenvalue weighted by molar-refractivity contribution is 6.25. The standard InChI is InChI=1S/C16H20N4/c1-15(2,3)11-7-14(20-10-18)12(16(4,5)6)8-13(11)19-9-17/h7-8H,1-6H3. The van der Waals surface area contributed by atoms with Gasteiger partial charge >= 0.3 is 0 Å². The Morgan fingerprint density at radius 2 is 1.05 bits per heavy atom. The lowest BCUT2D eigenvalue weighted by Crippen LogP contribution is -2.27. The first kappa shape index (κ1) is 15.9. The highest BCUT2D eigenvalue weighted by atomic mass is 14.8. The quantitative estimate of drug-likeness (QED) is 0.495. The zero-order valence-corrected chi connectivity index (χ0v) is 12.9. The molecule has 0 atom stereocenters. The molecule has 0 aliphatic heterocycles. The molecule has 0 unspecified atom stereocenters. The van der Waals surface area contributed by atoms with Crippen molar-refractivity contribution in [1.82, 2.24) is 0 Å². The maximum atomic E-state index is 8.88. The van der Waals surface area contributed by atoms with E-state index in [4.69, 9.17) is 10.5 Å². The van der Waals surface area contributed by atoms with Crippen molar-refractivity contribution < 1.29 is 0 Å². The molecule has 1 aliphatic carbocycles. The Balaban J connectivity index is 3.56. The Kier molecular flexibility index (Phi) is 4.30. The number of allylic oxidation sites excluding steroid dienone is 4. The van der Waals surface area contributed by atoms with Crippen molar-refractivity contribution in [3.63, 3.8) is 0 Å². The number of hydrogen-bond donors (Lipinski definition) is 0. The third-order valence-electron chi connectivity index (χ3n) is 3.07. The van der Waals surface area contributed by atoms with E-state index in [9.17, 15) is 0 Å². The van der Waals surface area contributed by atoms with Crippen LogP contribution in [-0.4, -0.2) is 11.4 Å². The Labute approximate surface area is 120 Å². The molecule has 0 aromatic heterocycles. The molecule has 104 valence electrons. The van der Waals surface area contributed by atoms with Gasteiger partial charge in [-0.1, -0.05) is 41.5 Å². The molecule has 0 radical (unpaired) electrons. The maximum Gasteiger partial charge on any atom is 0.206 e. The fraction of sp³-hybridized carbons (Fsp3) is 0.500. The largest absolute Gasteiger partial charge is 0.206 e. The first-order chi connectivity index (χ1) is 9.11. The second-order valence-electron chi connectivity index (χ2n) is 6.81. The molecule has 1 aliphatic rings. The smallest absolute Gasteiger partial charge is 0.173 e. The van der Waals surface area contributed by atoms with Crippen LogP contribution < -0.4 is 0 Å². The molecule has 0 fully saturated rings. The second kappa shape index (κ2) is 5.43. The van der Waals surface area contributed by atoms with Gasteiger partial charge in [-0.15, -0.1) is 0 Å². The zero-order valence-electron chi connectivity index (χ0n) is 12.9. The molecule has 0 saturated carbocycles. The van der Waals surface area contributed by atoms with Crippen LogP contribution in [0.4, 0.5) is 0 Å². The van der Waals surface area contributed by atoms with E-state index >= 15 is 0 Å². The fourth-order valence-electron chi connectivity index (χ4n) is 2.07. The zero-order chi connectivity index (χ0) is 15.6. The van der Waals surface area contributed by atoms with Gasteiger partial charge in [0.2, 0.25) is 12.4 Å². The van der Waals surface area contributed by atoms with E-state index in [0.29, 0.717) is 11.4 Å². The minimum atomic E-state index is -0.175. The highest BCUT2D eigenvalue weighted by Crippen LogP contribution is 2.35. The summed E-state index contributed by atoms with van der Waals surface area (Å²) < 4.78 is 0. The van der Waals surface area contributed by atoms with E-state index in [1.165, 1.54) is 0 Å². The van der Waals surface area contributed by atoms with Crippen LogP contribution in [0.5, 0.6) is 0 Å². The summed E-state index contributed by atoms with van der Waals surface area (Å²) in [5.74, 6) is 0. The lowest BCUT2D eigenvalue weighted by Gasteiger charge is -2.31. The summed E-state index contributed by atoms with van der Waals surface area (Å²) in [4.78, 5) is 7.86. The number of aliphatic imine (C=N–C) groups is 2. The van der Waals surface area contributed by atoms with Gasteiger partial charge in [-0.25, -0.2) is 0 Å². The monoisotopic (exact) mass is 268 g/mol. The minimum absolute atomic E-state index is 0.175. The predicted octanol–water partition coefficient (Wildman–Crippen LogP) is 3.79. The molecule has 0 amide bonds. The topological polar surface area (TPSA) is 72.3 Å².